The van der Waals surface area contributed by atoms with Crippen molar-refractivity contribution in [3.63, 3.8) is 0 Å². The van der Waals surface area contributed by atoms with E-state index in [1.165, 1.54) is 150 Å². The van der Waals surface area contributed by atoms with Crippen molar-refractivity contribution in [3.8, 4) is 80.9 Å². The number of carboxylic acid groups (broad SMARTS) is 1. The number of nitrogens with zero attached hydrogens (tertiary/aromatic N) is 7. The number of carboxylic acids is 1. The van der Waals surface area contributed by atoms with Crippen molar-refractivity contribution in [2.24, 2.45) is 0 Å². The first-order valence-electron chi connectivity index (χ1n) is 39.2. The Morgan fingerprint density at radius 3 is 1.02 bits per heavy atom. The molecule has 0 spiro atoms. The summed E-state index contributed by atoms with van der Waals surface area (Å²) >= 11 is 35.1. The van der Waals surface area contributed by atoms with E-state index >= 15 is 0 Å². The van der Waals surface area contributed by atoms with Crippen LogP contribution in [0.15, 0.2) is 237 Å². The predicted octanol–water partition coefficient (Wildman–Crippen LogP) is 26.0. The summed E-state index contributed by atoms with van der Waals surface area (Å²) in [6.45, 7) is 3.82. The largest absolute Gasteiger partial charge is 0.508 e. The van der Waals surface area contributed by atoms with Crippen LogP contribution in [0.3, 0.4) is 0 Å². The maximum Gasteiger partial charge on any atom is 0.416 e. The summed E-state index contributed by atoms with van der Waals surface area (Å²) in [5.74, 6) is -0.542. The molecule has 3 heterocycles. The van der Waals surface area contributed by atoms with Crippen LogP contribution in [0.5, 0.6) is 80.9 Å². The Balaban J connectivity index is 0.000000195. The van der Waals surface area contributed by atoms with Crippen molar-refractivity contribution < 1.29 is 148 Å². The minimum Gasteiger partial charge on any atom is -0.508 e. The molecule has 0 saturated carbocycles. The van der Waals surface area contributed by atoms with E-state index in [1.54, 1.807) is 39.2 Å². The fraction of sp³-hybridized carbons (Fsp3) is 0.176. The average Bonchev–Trinajstić information content (AvgIpc) is 1.66. The van der Waals surface area contributed by atoms with Crippen molar-refractivity contribution in [3.05, 3.63) is 340 Å². The lowest BCUT2D eigenvalue weighted by atomic mass is 10.1. The van der Waals surface area contributed by atoms with Gasteiger partial charge in [-0.05, 0) is 181 Å². The Bertz CT molecular complexity index is 6350. The smallest absolute Gasteiger partial charge is 0.416 e. The number of esters is 2. The van der Waals surface area contributed by atoms with Crippen molar-refractivity contribution in [1.82, 2.24) is 45.8 Å². The molecule has 0 atom stereocenters. The van der Waals surface area contributed by atoms with E-state index in [2.05, 4.69) is 41.1 Å². The van der Waals surface area contributed by atoms with Gasteiger partial charge in [0.1, 0.15) is 89.7 Å². The molecule has 47 heteroatoms. The van der Waals surface area contributed by atoms with E-state index in [4.69, 9.17) is 132 Å². The van der Waals surface area contributed by atoms with Crippen LogP contribution in [0.4, 0.5) is 65.9 Å². The highest BCUT2D eigenvalue weighted by molar-refractivity contribution is 6.33. The Morgan fingerprint density at radius 1 is 0.370 bits per heavy atom. The molecule has 0 aliphatic heterocycles. The number of rotatable bonds is 27. The molecule has 0 unspecified atom stereocenters. The zero-order valence-electron chi connectivity index (χ0n) is 70.8. The maximum absolute atomic E-state index is 12.8. The third-order valence-corrected chi connectivity index (χ3v) is 19.6. The van der Waals surface area contributed by atoms with Gasteiger partial charge in [-0.1, -0.05) is 157 Å². The average molecular weight is 2060 g/mol. The number of aromatic amines is 2. The molecule has 14 rings (SSSR count). The number of alkyl halides is 16. The standard InChI is InChI=1S/C27H23ClF3N3O5.C19H15ClF3N3O4.C17H11ClF3N3O4.C14H10ClF3O2.C8H6ClF3.C6H5ClO2/c1-3-37-26(35)24-25(34(33-32-24)15-17-6-10-20(36-2)11-7-17)39-21-12-13-22(28)23(14-21)38-16-18-4-8-19(9-5-18)27(29,30)31;1-2-28-18(27)16-17(25-26-24-16)30-13-7-8-14(20)15(9-13)29-10-11-3-5-12(6-4-11)19(21,22)23;18-12-6-5-11(28-15-14(16(25)26)22-24-23-15)7-13(12)27-8-9-1-3-10(4-2-9)17(19,20)21;15-12-6-5-11(19)7-13(12)20-8-9-1-3-10(4-2-9)14(16,17)18;9-5-6-1-3-7(4-2-6)8(10,11)12;7-5-2-1-4(8)3-6(5)9/h4-14H,3,15-16H2,1-2H3;3-9H,2,10H2,1H3,(H,24,25,26);1-7H,8H2,(H,25,26)(H,22,23,24);1-7,19H,8H2;1-4H,5H2;1-3,8-9H. The third kappa shape index (κ3) is 33.0. The number of carbonyl (C=O) groups is 3. The molecule has 0 fully saturated rings. The number of aromatic hydroxyl groups is 3. The summed E-state index contributed by atoms with van der Waals surface area (Å²) in [7, 11) is 1.57. The molecule has 11 aromatic carbocycles. The lowest BCUT2D eigenvalue weighted by molar-refractivity contribution is -0.138. The van der Waals surface area contributed by atoms with Crippen LogP contribution in [-0.4, -0.2) is 104 Å². The van der Waals surface area contributed by atoms with E-state index in [9.17, 15) is 85.3 Å². The molecular formula is C91H70Cl6F15N9O17. The molecule has 0 aliphatic carbocycles. The van der Waals surface area contributed by atoms with Gasteiger partial charge in [0.2, 0.25) is 17.1 Å². The number of halogens is 21. The van der Waals surface area contributed by atoms with Crippen molar-refractivity contribution in [1.29, 1.82) is 0 Å². The molecule has 3 aromatic heterocycles. The van der Waals surface area contributed by atoms with Gasteiger partial charge >= 0.3 is 48.8 Å². The summed E-state index contributed by atoms with van der Waals surface area (Å²) in [4.78, 5) is 35.4. The Hall–Kier alpha value is -14.3. The molecule has 26 nitrogen and oxygen atoms in total. The van der Waals surface area contributed by atoms with Gasteiger partial charge in [0, 0.05) is 36.2 Å². The first-order valence-corrected chi connectivity index (χ1v) is 41.6. The van der Waals surface area contributed by atoms with Gasteiger partial charge in [0.25, 0.3) is 17.6 Å². The van der Waals surface area contributed by atoms with Gasteiger partial charge in [0.15, 0.2) is 0 Å². The van der Waals surface area contributed by atoms with Crippen molar-refractivity contribution in [2.75, 3.05) is 20.3 Å². The predicted molar refractivity (Wildman–Crippen MR) is 470 cm³/mol. The van der Waals surface area contributed by atoms with Crippen LogP contribution in [-0.2, 0) is 79.2 Å². The molecule has 0 bridgehead atoms. The number of phenols is 3. The van der Waals surface area contributed by atoms with Crippen molar-refractivity contribution >= 4 is 87.5 Å². The topological polar surface area (TPSA) is 338 Å². The van der Waals surface area contributed by atoms with Gasteiger partial charge in [-0.3, -0.25) is 0 Å². The summed E-state index contributed by atoms with van der Waals surface area (Å²) in [6, 6.07) is 52.0. The van der Waals surface area contributed by atoms with Crippen LogP contribution in [0.1, 0.15) is 107 Å². The molecule has 14 aromatic rings. The summed E-state index contributed by atoms with van der Waals surface area (Å²) in [5.41, 5.74) is -0.488. The van der Waals surface area contributed by atoms with Crippen LogP contribution < -0.4 is 37.9 Å². The Labute approximate surface area is 801 Å². The van der Waals surface area contributed by atoms with Crippen LogP contribution in [0.25, 0.3) is 0 Å². The normalized spacial score (nSPS) is 11.2. The Morgan fingerprint density at radius 2 is 0.681 bits per heavy atom. The second-order valence-corrected chi connectivity index (χ2v) is 29.9. The number of hydrogen-bond acceptors (Lipinski definition) is 22. The van der Waals surface area contributed by atoms with E-state index in [-0.39, 0.29) is 164 Å². The van der Waals surface area contributed by atoms with Gasteiger partial charge in [0.05, 0.1) is 79.8 Å². The van der Waals surface area contributed by atoms with Gasteiger partial charge in [-0.15, -0.1) is 16.7 Å². The van der Waals surface area contributed by atoms with E-state index in [0.29, 0.717) is 38.6 Å². The highest BCUT2D eigenvalue weighted by Gasteiger charge is 2.35. The number of aromatic carboxylic acids is 1. The van der Waals surface area contributed by atoms with E-state index < -0.39 is 76.6 Å². The minimum atomic E-state index is -4.43. The summed E-state index contributed by atoms with van der Waals surface area (Å²) < 4.78 is 243. The molecule has 6 N–H and O–H groups in total. The first-order chi connectivity index (χ1) is 65.3. The molecule has 0 saturated heterocycles. The number of phenolic OH excluding ortho intramolecular Hbond substituents is 3. The van der Waals surface area contributed by atoms with Crippen LogP contribution in [0.2, 0.25) is 25.1 Å². The van der Waals surface area contributed by atoms with Gasteiger partial charge in [-0.2, -0.15) is 65.9 Å². The first kappa shape index (κ1) is 107. The third-order valence-electron chi connectivity index (χ3n) is 17.7. The molecule has 0 amide bonds. The number of methoxy groups -OCH3 is 1. The lowest BCUT2D eigenvalue weighted by Crippen LogP contribution is -2.09. The van der Waals surface area contributed by atoms with E-state index in [1.807, 2.05) is 12.1 Å². The molecule has 0 aliphatic rings. The van der Waals surface area contributed by atoms with Gasteiger partial charge in [-0.25, -0.2) is 29.3 Å². The molecular weight excluding hydrogens is 1990 g/mol. The highest BCUT2D eigenvalue weighted by atomic mass is 35.5. The van der Waals surface area contributed by atoms with Crippen LogP contribution >= 0.6 is 69.6 Å². The zero-order valence-corrected chi connectivity index (χ0v) is 75.4. The molecule has 728 valence electrons. The van der Waals surface area contributed by atoms with Crippen molar-refractivity contribution in [2.45, 2.75) is 83.6 Å². The Kier molecular flexibility index (Phi) is 38.5. The number of aromatic nitrogens is 9. The molecule has 138 heavy (non-hydrogen) atoms. The number of H-pyrrole nitrogens is 2. The number of ether oxygens (including phenoxy) is 10. The maximum atomic E-state index is 12.8. The van der Waals surface area contributed by atoms with Gasteiger partial charge < -0.3 is 67.8 Å². The zero-order chi connectivity index (χ0) is 101. The second kappa shape index (κ2) is 49.5. The number of nitrogens with one attached hydrogen (secondary N) is 2. The quantitative estimate of drug-likeness (QED) is 0.0158. The summed E-state index contributed by atoms with van der Waals surface area (Å²) in [6.07, 6.45) is -21.9. The van der Waals surface area contributed by atoms with Crippen LogP contribution in [0, 0.1) is 0 Å². The number of benzene rings is 11. The summed E-state index contributed by atoms with van der Waals surface area (Å²) in [5, 5.41) is 63.9. The minimum absolute atomic E-state index is 0.00295. The SMILES string of the molecule is CCOC(=O)c1[nH]nnc1Oc1ccc(Cl)c(OCc2ccc(C(F)(F)F)cc2)c1.CCOC(=O)c1nnn(Cc2ccc(OC)cc2)c1Oc1ccc(Cl)c(OCc2ccc(C(F)(F)F)cc2)c1.FC(F)(F)c1ccc(CCl)cc1.O=C(O)c1[nH]nnc1Oc1ccc(Cl)c(OCc2ccc(C(F)(F)F)cc2)c1.Oc1ccc(Cl)c(O)c1.Oc1ccc(Cl)c(OCc2ccc(C(F)(F)F)cc2)c1. The molecule has 0 radical (unpaired) electrons. The fourth-order valence-corrected chi connectivity index (χ4v) is 11.8. The highest BCUT2D eigenvalue weighted by Crippen LogP contribution is 2.41. The lowest BCUT2D eigenvalue weighted by Gasteiger charge is -2.13. The fourth-order valence-electron chi connectivity index (χ4n) is 10.8. The van der Waals surface area contributed by atoms with E-state index in [0.717, 1.165) is 66.2 Å². The number of hydrogen-bond donors (Lipinski definition) is 6. The number of carbonyl (C=O) groups excluding carboxylic acids is 2. The monoisotopic (exact) mass is 2060 g/mol. The second-order valence-electron chi connectivity index (χ2n) is 27.6.